The van der Waals surface area contributed by atoms with E-state index in [9.17, 15) is 10.1 Å². The molecule has 4 rings (SSSR count). The predicted octanol–water partition coefficient (Wildman–Crippen LogP) is 2.26. The molecule has 0 bridgehead atoms. The molecule has 4 heterocycles. The molecule has 1 saturated heterocycles. The van der Waals surface area contributed by atoms with E-state index < -0.39 is 0 Å². The Balaban J connectivity index is 1.68. The highest BCUT2D eigenvalue weighted by molar-refractivity contribution is 5.93. The summed E-state index contributed by atoms with van der Waals surface area (Å²) in [5.74, 6) is 3.45. The molecule has 1 aliphatic rings. The Labute approximate surface area is 180 Å². The predicted molar refractivity (Wildman–Crippen MR) is 117 cm³/mol. The molecule has 8 heteroatoms. The summed E-state index contributed by atoms with van der Waals surface area (Å²) in [5, 5.41) is 13.8. The average molecular weight is 414 g/mol. The van der Waals surface area contributed by atoms with Crippen molar-refractivity contribution < 1.29 is 9.53 Å². The van der Waals surface area contributed by atoms with Crippen molar-refractivity contribution in [2.24, 2.45) is 0 Å². The number of piperazine rings is 1. The smallest absolute Gasteiger partial charge is 0.298 e. The van der Waals surface area contributed by atoms with Crippen molar-refractivity contribution in [3.05, 3.63) is 41.9 Å². The lowest BCUT2D eigenvalue weighted by Crippen LogP contribution is -2.48. The van der Waals surface area contributed by atoms with Crippen molar-refractivity contribution in [3.63, 3.8) is 0 Å². The summed E-state index contributed by atoms with van der Waals surface area (Å²) in [4.78, 5) is 20.3. The van der Waals surface area contributed by atoms with Gasteiger partial charge in [0.05, 0.1) is 30.1 Å². The van der Waals surface area contributed by atoms with Crippen molar-refractivity contribution in [2.45, 2.75) is 13.8 Å². The summed E-state index contributed by atoms with van der Waals surface area (Å²) >= 11 is 0. The first-order chi connectivity index (χ1) is 15.0. The lowest BCUT2D eigenvalue weighted by atomic mass is 10.0. The second-order valence-electron chi connectivity index (χ2n) is 7.27. The second-order valence-corrected chi connectivity index (χ2v) is 7.27. The van der Waals surface area contributed by atoms with Gasteiger partial charge in [0.1, 0.15) is 17.6 Å². The lowest BCUT2D eigenvalue weighted by Gasteiger charge is -2.35. The third-order valence-corrected chi connectivity index (χ3v) is 5.37. The van der Waals surface area contributed by atoms with Crippen molar-refractivity contribution in [3.8, 4) is 35.3 Å². The highest BCUT2D eigenvalue weighted by Crippen LogP contribution is 2.32. The number of aromatic nitrogens is 3. The molecule has 0 aliphatic carbocycles. The maximum absolute atomic E-state index is 11.7. The van der Waals surface area contributed by atoms with Gasteiger partial charge in [-0.25, -0.2) is 9.50 Å². The maximum Gasteiger partial charge on any atom is 0.298 e. The molecule has 1 aliphatic heterocycles. The van der Waals surface area contributed by atoms with Gasteiger partial charge in [-0.3, -0.25) is 4.79 Å². The fourth-order valence-electron chi connectivity index (χ4n) is 3.90. The van der Waals surface area contributed by atoms with E-state index in [-0.39, 0.29) is 5.91 Å². The van der Waals surface area contributed by atoms with Crippen LogP contribution in [0.25, 0.3) is 16.6 Å². The SMILES string of the molecule is C#CC(=O)N1CCN(c2ncc(-c3cc(OCC)cn4ncc(C#N)c34)cc2C)CC1. The fourth-order valence-corrected chi connectivity index (χ4v) is 3.90. The first-order valence-electron chi connectivity index (χ1n) is 10.1. The van der Waals surface area contributed by atoms with E-state index in [2.05, 4.69) is 28.1 Å². The van der Waals surface area contributed by atoms with Crippen LogP contribution in [0.15, 0.2) is 30.7 Å². The number of carbonyl (C=O) groups is 1. The summed E-state index contributed by atoms with van der Waals surface area (Å²) in [5.41, 5.74) is 3.94. The van der Waals surface area contributed by atoms with Gasteiger partial charge in [-0.05, 0) is 37.5 Å². The minimum absolute atomic E-state index is 0.271. The minimum atomic E-state index is -0.271. The zero-order valence-electron chi connectivity index (χ0n) is 17.5. The van der Waals surface area contributed by atoms with Crippen molar-refractivity contribution in [1.82, 2.24) is 19.5 Å². The van der Waals surface area contributed by atoms with Gasteiger partial charge in [-0.15, -0.1) is 6.42 Å². The van der Waals surface area contributed by atoms with Crippen LogP contribution >= 0.6 is 0 Å². The third kappa shape index (κ3) is 3.76. The van der Waals surface area contributed by atoms with Crippen LogP contribution in [0, 0.1) is 30.6 Å². The van der Waals surface area contributed by atoms with Gasteiger partial charge in [0.15, 0.2) is 0 Å². The number of ether oxygens (including phenoxy) is 1. The number of nitrogens with zero attached hydrogens (tertiary/aromatic N) is 6. The number of hydrogen-bond acceptors (Lipinski definition) is 6. The number of nitriles is 1. The Morgan fingerprint density at radius 1 is 1.26 bits per heavy atom. The van der Waals surface area contributed by atoms with Crippen LogP contribution in [-0.2, 0) is 4.79 Å². The summed E-state index contributed by atoms with van der Waals surface area (Å²) in [6.07, 6.45) is 10.4. The molecule has 0 atom stereocenters. The number of aryl methyl sites for hydroxylation is 1. The van der Waals surface area contributed by atoms with Gasteiger partial charge < -0.3 is 14.5 Å². The van der Waals surface area contributed by atoms with Crippen LogP contribution in [0.1, 0.15) is 18.1 Å². The second kappa shape index (κ2) is 8.37. The van der Waals surface area contributed by atoms with Gasteiger partial charge >= 0.3 is 0 Å². The van der Waals surface area contributed by atoms with Crippen LogP contribution in [-0.4, -0.2) is 58.2 Å². The Hall–Kier alpha value is -4.04. The number of anilines is 1. The number of pyridine rings is 2. The number of amides is 1. The molecule has 8 nitrogen and oxygen atoms in total. The molecular weight excluding hydrogens is 392 g/mol. The Kier molecular flexibility index (Phi) is 5.46. The fraction of sp³-hybridized carbons (Fsp3) is 0.304. The number of hydrogen-bond donors (Lipinski definition) is 0. The third-order valence-electron chi connectivity index (χ3n) is 5.37. The molecule has 3 aromatic rings. The molecule has 0 spiro atoms. The largest absolute Gasteiger partial charge is 0.492 e. The quantitative estimate of drug-likeness (QED) is 0.609. The normalized spacial score (nSPS) is 13.7. The van der Waals surface area contributed by atoms with Crippen LogP contribution in [0.4, 0.5) is 5.82 Å². The van der Waals surface area contributed by atoms with Crippen molar-refractivity contribution in [1.29, 1.82) is 5.26 Å². The highest BCUT2D eigenvalue weighted by atomic mass is 16.5. The molecule has 0 N–H and O–H groups in total. The van der Waals surface area contributed by atoms with Crippen molar-refractivity contribution in [2.75, 3.05) is 37.7 Å². The van der Waals surface area contributed by atoms with Gasteiger partial charge in [0, 0.05) is 43.5 Å². The van der Waals surface area contributed by atoms with Crippen LogP contribution in [0.3, 0.4) is 0 Å². The molecule has 1 amide bonds. The number of fused-ring (bicyclic) bond motifs is 1. The molecule has 0 saturated carbocycles. The zero-order chi connectivity index (χ0) is 22.0. The number of rotatable bonds is 4. The summed E-state index contributed by atoms with van der Waals surface area (Å²) in [6.45, 7) is 6.95. The molecule has 31 heavy (non-hydrogen) atoms. The summed E-state index contributed by atoms with van der Waals surface area (Å²) < 4.78 is 7.36. The van der Waals surface area contributed by atoms with Crippen LogP contribution in [0.2, 0.25) is 0 Å². The zero-order valence-corrected chi connectivity index (χ0v) is 17.5. The van der Waals surface area contributed by atoms with E-state index in [1.54, 1.807) is 28.0 Å². The average Bonchev–Trinajstić information content (AvgIpc) is 3.21. The van der Waals surface area contributed by atoms with E-state index in [1.807, 2.05) is 19.9 Å². The monoisotopic (exact) mass is 414 g/mol. The van der Waals surface area contributed by atoms with E-state index >= 15 is 0 Å². The Morgan fingerprint density at radius 3 is 2.68 bits per heavy atom. The molecule has 0 aromatic carbocycles. The van der Waals surface area contributed by atoms with E-state index in [0.29, 0.717) is 44.1 Å². The van der Waals surface area contributed by atoms with Gasteiger partial charge in [0.2, 0.25) is 0 Å². The topological polar surface area (TPSA) is 86.8 Å². The number of carbonyl (C=O) groups excluding carboxylic acids is 1. The van der Waals surface area contributed by atoms with E-state index in [0.717, 1.165) is 28.0 Å². The lowest BCUT2D eigenvalue weighted by molar-refractivity contribution is -0.125. The summed E-state index contributed by atoms with van der Waals surface area (Å²) in [6, 6.07) is 6.18. The molecule has 3 aromatic heterocycles. The first kappa shape index (κ1) is 20.2. The minimum Gasteiger partial charge on any atom is -0.492 e. The van der Waals surface area contributed by atoms with Gasteiger partial charge in [-0.2, -0.15) is 10.4 Å². The highest BCUT2D eigenvalue weighted by Gasteiger charge is 2.22. The Bertz CT molecular complexity index is 1230. The van der Waals surface area contributed by atoms with E-state index in [1.165, 1.54) is 0 Å². The number of terminal acetylenes is 1. The summed E-state index contributed by atoms with van der Waals surface area (Å²) in [7, 11) is 0. The molecular formula is C23H22N6O2. The first-order valence-corrected chi connectivity index (χ1v) is 10.1. The maximum atomic E-state index is 11.7. The molecule has 0 radical (unpaired) electrons. The van der Waals surface area contributed by atoms with E-state index in [4.69, 9.17) is 16.1 Å². The van der Waals surface area contributed by atoms with Gasteiger partial charge in [0.25, 0.3) is 5.91 Å². The standard InChI is InChI=1S/C23H22N6O2/c1-4-21(30)27-6-8-28(9-7-27)23-16(3)10-17(13-25-23)20-11-19(31-5-2)15-29-22(20)18(12-24)14-26-29/h1,10-11,13-15H,5-9H2,2-3H3. The molecule has 156 valence electrons. The van der Waals surface area contributed by atoms with Gasteiger partial charge in [-0.1, -0.05) is 0 Å². The molecule has 0 unspecified atom stereocenters. The molecule has 1 fully saturated rings. The van der Waals surface area contributed by atoms with Crippen molar-refractivity contribution >= 4 is 17.2 Å². The Morgan fingerprint density at radius 2 is 2.03 bits per heavy atom. The van der Waals surface area contributed by atoms with Crippen LogP contribution < -0.4 is 9.64 Å². The van der Waals surface area contributed by atoms with Crippen LogP contribution in [0.5, 0.6) is 5.75 Å².